The molecule has 1 aliphatic rings. The first-order valence-corrected chi connectivity index (χ1v) is 5.88. The predicted octanol–water partition coefficient (Wildman–Crippen LogP) is 3.15. The summed E-state index contributed by atoms with van der Waals surface area (Å²) in [6.45, 7) is 0. The highest BCUT2D eigenvalue weighted by molar-refractivity contribution is 6.00. The van der Waals surface area contributed by atoms with Crippen molar-refractivity contribution in [1.82, 2.24) is 0 Å². The van der Waals surface area contributed by atoms with E-state index in [4.69, 9.17) is 4.74 Å². The maximum absolute atomic E-state index is 13.1. The van der Waals surface area contributed by atoms with Crippen molar-refractivity contribution in [2.24, 2.45) is 0 Å². The predicted molar refractivity (Wildman–Crippen MR) is 65.3 cm³/mol. The van der Waals surface area contributed by atoms with Crippen molar-refractivity contribution < 1.29 is 18.3 Å². The Bertz CT molecular complexity index is 607. The van der Waals surface area contributed by atoms with Crippen LogP contribution >= 0.6 is 0 Å². The fraction of sp³-hybridized carbons (Fsp3) is 0.133. The topological polar surface area (TPSA) is 26.3 Å². The van der Waals surface area contributed by atoms with E-state index in [0.717, 1.165) is 23.8 Å². The van der Waals surface area contributed by atoms with Gasteiger partial charge in [-0.1, -0.05) is 18.2 Å². The summed E-state index contributed by atoms with van der Waals surface area (Å²) in [5.41, 5.74) is 0.924. The van der Waals surface area contributed by atoms with Gasteiger partial charge in [0, 0.05) is 18.1 Å². The second kappa shape index (κ2) is 4.46. The fourth-order valence-electron chi connectivity index (χ4n) is 2.21. The van der Waals surface area contributed by atoms with Crippen LogP contribution in [-0.4, -0.2) is 11.9 Å². The van der Waals surface area contributed by atoms with Gasteiger partial charge in [-0.05, 0) is 23.8 Å². The molecular weight excluding hydrogens is 250 g/mol. The lowest BCUT2D eigenvalue weighted by molar-refractivity contribution is 0.0824. The number of ketones is 1. The molecule has 0 bridgehead atoms. The maximum atomic E-state index is 13.1. The van der Waals surface area contributed by atoms with Gasteiger partial charge in [-0.2, -0.15) is 0 Å². The molecule has 1 aliphatic heterocycles. The molecule has 0 radical (unpaired) electrons. The summed E-state index contributed by atoms with van der Waals surface area (Å²) in [4.78, 5) is 12.2. The number of halogens is 2. The molecule has 2 aromatic carbocycles. The molecule has 1 atom stereocenters. The molecule has 2 nitrogen and oxygen atoms in total. The highest BCUT2D eigenvalue weighted by atomic mass is 19.1. The van der Waals surface area contributed by atoms with E-state index in [9.17, 15) is 13.6 Å². The second-order valence-corrected chi connectivity index (χ2v) is 4.44. The van der Waals surface area contributed by atoms with Crippen molar-refractivity contribution in [2.45, 2.75) is 12.5 Å². The van der Waals surface area contributed by atoms with Crippen molar-refractivity contribution in [3.05, 3.63) is 65.2 Å². The third-order valence-corrected chi connectivity index (χ3v) is 3.09. The summed E-state index contributed by atoms with van der Waals surface area (Å²) in [5, 5.41) is 0. The Kier molecular flexibility index (Phi) is 2.78. The van der Waals surface area contributed by atoms with E-state index < -0.39 is 23.5 Å². The zero-order chi connectivity index (χ0) is 13.4. The minimum absolute atomic E-state index is 0.00435. The van der Waals surface area contributed by atoms with Gasteiger partial charge in [-0.3, -0.25) is 4.79 Å². The van der Waals surface area contributed by atoms with Crippen molar-refractivity contribution in [2.75, 3.05) is 0 Å². The number of ether oxygens (including phenoxy) is 1. The summed E-state index contributed by atoms with van der Waals surface area (Å²) in [6.07, 6.45) is -0.286. The van der Waals surface area contributed by atoms with E-state index in [-0.39, 0.29) is 5.56 Å². The van der Waals surface area contributed by atoms with Crippen LogP contribution in [0, 0.1) is 11.6 Å². The molecule has 3 rings (SSSR count). The maximum Gasteiger partial charge on any atom is 0.203 e. The third kappa shape index (κ3) is 2.21. The molecule has 0 amide bonds. The van der Waals surface area contributed by atoms with Gasteiger partial charge in [0.05, 0.1) is 0 Å². The molecule has 0 aliphatic carbocycles. The molecule has 0 spiro atoms. The van der Waals surface area contributed by atoms with Gasteiger partial charge < -0.3 is 4.74 Å². The number of para-hydroxylation sites is 1. The fourth-order valence-corrected chi connectivity index (χ4v) is 2.21. The van der Waals surface area contributed by atoms with Crippen LogP contribution in [0.1, 0.15) is 15.9 Å². The average molecular weight is 260 g/mol. The van der Waals surface area contributed by atoms with Gasteiger partial charge in [-0.15, -0.1) is 0 Å². The lowest BCUT2D eigenvalue weighted by atomic mass is 10.0. The van der Waals surface area contributed by atoms with E-state index in [2.05, 4.69) is 0 Å². The standard InChI is InChI=1S/C15H10F2O2/c16-11-5-10(6-12(17)8-11)15(18)14-7-9-3-1-2-4-13(9)19-14/h1-6,8,14H,7H2. The van der Waals surface area contributed by atoms with Crippen molar-refractivity contribution in [3.8, 4) is 5.75 Å². The molecule has 0 aromatic heterocycles. The van der Waals surface area contributed by atoms with Crippen LogP contribution in [0.15, 0.2) is 42.5 Å². The van der Waals surface area contributed by atoms with Crippen LogP contribution in [0.4, 0.5) is 8.78 Å². The number of Topliss-reactive ketones (excluding diaryl/α,β-unsaturated/α-hetero) is 1. The molecule has 0 saturated heterocycles. The quantitative estimate of drug-likeness (QED) is 0.775. The zero-order valence-electron chi connectivity index (χ0n) is 9.90. The number of hydrogen-bond donors (Lipinski definition) is 0. The lowest BCUT2D eigenvalue weighted by Crippen LogP contribution is -2.25. The first kappa shape index (κ1) is 11.8. The van der Waals surface area contributed by atoms with Crippen molar-refractivity contribution in [3.63, 3.8) is 0 Å². The molecule has 0 saturated carbocycles. The van der Waals surface area contributed by atoms with Gasteiger partial charge in [0.1, 0.15) is 17.4 Å². The SMILES string of the molecule is O=C(c1cc(F)cc(F)c1)C1Cc2ccccc2O1. The molecule has 0 fully saturated rings. The Labute approximate surface area is 108 Å². The van der Waals surface area contributed by atoms with Crippen LogP contribution in [0.25, 0.3) is 0 Å². The molecule has 4 heteroatoms. The summed E-state index contributed by atoms with van der Waals surface area (Å²) in [7, 11) is 0. The minimum atomic E-state index is -0.765. The number of rotatable bonds is 2. The Morgan fingerprint density at radius 1 is 1.11 bits per heavy atom. The molecular formula is C15H10F2O2. The highest BCUT2D eigenvalue weighted by Gasteiger charge is 2.29. The molecule has 19 heavy (non-hydrogen) atoms. The lowest BCUT2D eigenvalue weighted by Gasteiger charge is -2.09. The number of carbonyl (C=O) groups excluding carboxylic acids is 1. The normalized spacial score (nSPS) is 16.8. The number of hydrogen-bond acceptors (Lipinski definition) is 2. The number of carbonyl (C=O) groups is 1. The first-order chi connectivity index (χ1) is 9.13. The zero-order valence-corrected chi connectivity index (χ0v) is 9.90. The van der Waals surface area contributed by atoms with Crippen LogP contribution in [0.3, 0.4) is 0 Å². The van der Waals surface area contributed by atoms with E-state index in [1.807, 2.05) is 18.2 Å². The second-order valence-electron chi connectivity index (χ2n) is 4.44. The van der Waals surface area contributed by atoms with Crippen LogP contribution in [-0.2, 0) is 6.42 Å². The number of benzene rings is 2. The molecule has 1 heterocycles. The number of fused-ring (bicyclic) bond motifs is 1. The molecule has 0 N–H and O–H groups in total. The van der Waals surface area contributed by atoms with Crippen molar-refractivity contribution >= 4 is 5.78 Å². The van der Waals surface area contributed by atoms with E-state index in [1.165, 1.54) is 0 Å². The Morgan fingerprint density at radius 3 is 2.47 bits per heavy atom. The Morgan fingerprint density at radius 2 is 1.79 bits per heavy atom. The van der Waals surface area contributed by atoms with Crippen LogP contribution in [0.2, 0.25) is 0 Å². The smallest absolute Gasteiger partial charge is 0.203 e. The van der Waals surface area contributed by atoms with E-state index in [0.29, 0.717) is 12.2 Å². The van der Waals surface area contributed by atoms with Crippen molar-refractivity contribution in [1.29, 1.82) is 0 Å². The highest BCUT2D eigenvalue weighted by Crippen LogP contribution is 2.29. The third-order valence-electron chi connectivity index (χ3n) is 3.09. The Balaban J connectivity index is 1.87. The first-order valence-electron chi connectivity index (χ1n) is 5.88. The monoisotopic (exact) mass is 260 g/mol. The van der Waals surface area contributed by atoms with Gasteiger partial charge in [-0.25, -0.2) is 8.78 Å². The summed E-state index contributed by atoms with van der Waals surface area (Å²) in [6, 6.07) is 10.1. The van der Waals surface area contributed by atoms with Gasteiger partial charge in [0.25, 0.3) is 0 Å². The Hall–Kier alpha value is -2.23. The average Bonchev–Trinajstić information content (AvgIpc) is 2.80. The van der Waals surface area contributed by atoms with Gasteiger partial charge >= 0.3 is 0 Å². The molecule has 1 unspecified atom stereocenters. The van der Waals surface area contributed by atoms with Gasteiger partial charge in [0.2, 0.25) is 5.78 Å². The summed E-state index contributed by atoms with van der Waals surface area (Å²) < 4.78 is 31.7. The van der Waals surface area contributed by atoms with Crippen LogP contribution < -0.4 is 4.74 Å². The van der Waals surface area contributed by atoms with E-state index >= 15 is 0 Å². The van der Waals surface area contributed by atoms with E-state index in [1.54, 1.807) is 6.07 Å². The minimum Gasteiger partial charge on any atom is -0.482 e. The van der Waals surface area contributed by atoms with Gasteiger partial charge in [0.15, 0.2) is 6.10 Å². The summed E-state index contributed by atoms with van der Waals surface area (Å²) >= 11 is 0. The summed E-state index contributed by atoms with van der Waals surface area (Å²) in [5.74, 6) is -1.29. The molecule has 2 aromatic rings. The molecule has 96 valence electrons. The largest absolute Gasteiger partial charge is 0.482 e. The van der Waals surface area contributed by atoms with Crippen LogP contribution in [0.5, 0.6) is 5.75 Å².